The molecule has 1 aromatic heterocycles. The number of rotatable bonds is 1. The van der Waals surface area contributed by atoms with Gasteiger partial charge in [0.1, 0.15) is 4.88 Å². The van der Waals surface area contributed by atoms with Crippen molar-refractivity contribution in [1.29, 1.82) is 0 Å². The maximum Gasteiger partial charge on any atom is 0.288 e. The van der Waals surface area contributed by atoms with E-state index >= 15 is 0 Å². The lowest BCUT2D eigenvalue weighted by Gasteiger charge is -1.90. The third kappa shape index (κ3) is 1.12. The summed E-state index contributed by atoms with van der Waals surface area (Å²) in [5.74, 6) is -0.562. The highest BCUT2D eigenvalue weighted by Crippen LogP contribution is 2.07. The van der Waals surface area contributed by atoms with Gasteiger partial charge < -0.3 is 0 Å². The van der Waals surface area contributed by atoms with Crippen molar-refractivity contribution in [1.82, 2.24) is 15.1 Å². The molecule has 1 amide bonds. The number of carbonyl (C=O) groups is 1. The molecule has 10 heavy (non-hydrogen) atoms. The molecule has 54 valence electrons. The summed E-state index contributed by atoms with van der Waals surface area (Å²) < 4.78 is 3.51. The summed E-state index contributed by atoms with van der Waals surface area (Å²) >= 11 is 0.949. The van der Waals surface area contributed by atoms with Gasteiger partial charge in [-0.1, -0.05) is 4.49 Å². The Morgan fingerprint density at radius 1 is 1.80 bits per heavy atom. The highest BCUT2D eigenvalue weighted by atomic mass is 32.1. The van der Waals surface area contributed by atoms with Crippen LogP contribution in [0.1, 0.15) is 15.4 Å². The average molecular weight is 159 g/mol. The van der Waals surface area contributed by atoms with Gasteiger partial charge in [0.05, 0.1) is 5.69 Å². The minimum Gasteiger partial charge on any atom is -0.288 e. The van der Waals surface area contributed by atoms with Crippen molar-refractivity contribution < 1.29 is 10.0 Å². The Morgan fingerprint density at radius 2 is 2.50 bits per heavy atom. The van der Waals surface area contributed by atoms with Crippen LogP contribution >= 0.6 is 11.5 Å². The Kier molecular flexibility index (Phi) is 1.93. The van der Waals surface area contributed by atoms with Gasteiger partial charge in [0.2, 0.25) is 0 Å². The number of nitrogens with zero attached hydrogens (tertiary/aromatic N) is 2. The van der Waals surface area contributed by atoms with Crippen LogP contribution in [-0.2, 0) is 0 Å². The number of hydrogen-bond donors (Lipinski definition) is 2. The second-order valence-electron chi connectivity index (χ2n) is 1.63. The molecule has 0 aromatic carbocycles. The number of aryl methyl sites for hydroxylation is 1. The summed E-state index contributed by atoms with van der Waals surface area (Å²) in [4.78, 5) is 11.0. The maximum atomic E-state index is 10.7. The van der Waals surface area contributed by atoms with Crippen LogP contribution < -0.4 is 5.48 Å². The lowest BCUT2D eigenvalue weighted by molar-refractivity contribution is 0.0710. The maximum absolute atomic E-state index is 10.7. The van der Waals surface area contributed by atoms with Crippen LogP contribution in [0.15, 0.2) is 0 Å². The van der Waals surface area contributed by atoms with Gasteiger partial charge in [-0.05, 0) is 18.5 Å². The van der Waals surface area contributed by atoms with E-state index < -0.39 is 5.91 Å². The van der Waals surface area contributed by atoms with Crippen LogP contribution in [0, 0.1) is 6.92 Å². The molecule has 0 spiro atoms. The fourth-order valence-corrected chi connectivity index (χ4v) is 1.04. The van der Waals surface area contributed by atoms with Gasteiger partial charge in [-0.2, -0.15) is 0 Å². The summed E-state index contributed by atoms with van der Waals surface area (Å²) in [5.41, 5.74) is 2.02. The Morgan fingerprint density at radius 3 is 2.90 bits per heavy atom. The van der Waals surface area contributed by atoms with Crippen molar-refractivity contribution in [2.75, 3.05) is 0 Å². The largest absolute Gasteiger partial charge is 0.288 e. The zero-order valence-electron chi connectivity index (χ0n) is 5.16. The van der Waals surface area contributed by atoms with E-state index in [9.17, 15) is 4.79 Å². The standard InChI is InChI=1S/C4H5N3O2S/c1-2-3(4(8)6-9)10-7-5-2/h9H,1H3,(H,6,8). The molecule has 0 bridgehead atoms. The Labute approximate surface area is 60.8 Å². The molecule has 0 radical (unpaired) electrons. The topological polar surface area (TPSA) is 75.1 Å². The molecule has 0 saturated heterocycles. The van der Waals surface area contributed by atoms with Crippen LogP contribution in [0.5, 0.6) is 0 Å². The van der Waals surface area contributed by atoms with E-state index in [1.165, 1.54) is 5.48 Å². The first-order valence-electron chi connectivity index (χ1n) is 2.49. The van der Waals surface area contributed by atoms with Crippen molar-refractivity contribution in [2.24, 2.45) is 0 Å². The molecule has 1 heterocycles. The van der Waals surface area contributed by atoms with Crippen LogP contribution in [0.2, 0.25) is 0 Å². The van der Waals surface area contributed by atoms with Gasteiger partial charge in [0, 0.05) is 0 Å². The quantitative estimate of drug-likeness (QED) is 0.445. The number of hydroxylamine groups is 1. The van der Waals surface area contributed by atoms with E-state index in [-0.39, 0.29) is 0 Å². The van der Waals surface area contributed by atoms with E-state index in [2.05, 4.69) is 9.59 Å². The van der Waals surface area contributed by atoms with Gasteiger partial charge in [0.25, 0.3) is 5.91 Å². The van der Waals surface area contributed by atoms with Crippen molar-refractivity contribution in [3.05, 3.63) is 10.6 Å². The van der Waals surface area contributed by atoms with Crippen molar-refractivity contribution in [3.8, 4) is 0 Å². The number of hydrogen-bond acceptors (Lipinski definition) is 5. The molecule has 1 rings (SSSR count). The zero-order valence-corrected chi connectivity index (χ0v) is 5.97. The van der Waals surface area contributed by atoms with Crippen molar-refractivity contribution in [3.63, 3.8) is 0 Å². The first-order chi connectivity index (χ1) is 4.75. The van der Waals surface area contributed by atoms with E-state index in [0.29, 0.717) is 10.6 Å². The number of aromatic nitrogens is 2. The van der Waals surface area contributed by atoms with E-state index in [4.69, 9.17) is 5.21 Å². The average Bonchev–Trinajstić information content (AvgIpc) is 2.34. The van der Waals surface area contributed by atoms with Crippen LogP contribution in [0.25, 0.3) is 0 Å². The molecular weight excluding hydrogens is 154 g/mol. The SMILES string of the molecule is Cc1nnsc1C(=O)NO. The Balaban J connectivity index is 2.93. The van der Waals surface area contributed by atoms with Crippen LogP contribution in [-0.4, -0.2) is 20.7 Å². The fourth-order valence-electron chi connectivity index (χ4n) is 0.490. The summed E-state index contributed by atoms with van der Waals surface area (Å²) in [6.07, 6.45) is 0. The summed E-state index contributed by atoms with van der Waals surface area (Å²) in [5, 5.41) is 11.8. The summed E-state index contributed by atoms with van der Waals surface area (Å²) in [6, 6.07) is 0. The number of nitrogens with one attached hydrogen (secondary N) is 1. The molecule has 2 N–H and O–H groups in total. The van der Waals surface area contributed by atoms with Gasteiger partial charge in [-0.15, -0.1) is 5.10 Å². The molecule has 0 unspecified atom stereocenters. The zero-order chi connectivity index (χ0) is 7.56. The molecule has 0 atom stereocenters. The van der Waals surface area contributed by atoms with Gasteiger partial charge in [0.15, 0.2) is 0 Å². The normalized spacial score (nSPS) is 9.40. The van der Waals surface area contributed by atoms with Crippen molar-refractivity contribution >= 4 is 17.4 Å². The van der Waals surface area contributed by atoms with E-state index in [1.54, 1.807) is 6.92 Å². The number of carbonyl (C=O) groups excluding carboxylic acids is 1. The second-order valence-corrected chi connectivity index (χ2v) is 2.38. The number of amides is 1. The second kappa shape index (κ2) is 2.72. The molecule has 0 aliphatic heterocycles. The van der Waals surface area contributed by atoms with Gasteiger partial charge in [-0.3, -0.25) is 10.0 Å². The third-order valence-corrected chi connectivity index (χ3v) is 1.79. The monoisotopic (exact) mass is 159 g/mol. The van der Waals surface area contributed by atoms with Crippen molar-refractivity contribution in [2.45, 2.75) is 6.92 Å². The minimum absolute atomic E-state index is 0.336. The molecule has 0 saturated carbocycles. The predicted octanol–water partition coefficient (Wildman–Crippen LogP) is -0.0345. The first kappa shape index (κ1) is 7.10. The van der Waals surface area contributed by atoms with Gasteiger partial charge in [-0.25, -0.2) is 5.48 Å². The molecular formula is C4H5N3O2S. The predicted molar refractivity (Wildman–Crippen MR) is 33.9 cm³/mol. The first-order valence-corrected chi connectivity index (χ1v) is 3.26. The minimum atomic E-state index is -0.562. The van der Waals surface area contributed by atoms with Crippen LogP contribution in [0.3, 0.4) is 0 Å². The lowest BCUT2D eigenvalue weighted by atomic mass is 10.4. The Hall–Kier alpha value is -1.01. The molecule has 1 aromatic rings. The smallest absolute Gasteiger partial charge is 0.288 e. The molecule has 0 aliphatic carbocycles. The third-order valence-electron chi connectivity index (χ3n) is 0.959. The highest BCUT2D eigenvalue weighted by molar-refractivity contribution is 7.07. The van der Waals surface area contributed by atoms with E-state index in [1.807, 2.05) is 0 Å². The van der Waals surface area contributed by atoms with Crippen LogP contribution in [0.4, 0.5) is 0 Å². The highest BCUT2D eigenvalue weighted by Gasteiger charge is 2.10. The summed E-state index contributed by atoms with van der Waals surface area (Å²) in [7, 11) is 0. The Bertz CT molecular complexity index is 246. The molecule has 5 nitrogen and oxygen atoms in total. The molecule has 6 heteroatoms. The summed E-state index contributed by atoms with van der Waals surface area (Å²) in [6.45, 7) is 1.65. The fraction of sp³-hybridized carbons (Fsp3) is 0.250. The molecule has 0 fully saturated rings. The van der Waals surface area contributed by atoms with Gasteiger partial charge >= 0.3 is 0 Å². The molecule has 0 aliphatic rings. The van der Waals surface area contributed by atoms with E-state index in [0.717, 1.165) is 11.5 Å². The lowest BCUT2D eigenvalue weighted by Crippen LogP contribution is -2.18.